The summed E-state index contributed by atoms with van der Waals surface area (Å²) in [5.74, 6) is -1.21. The van der Waals surface area contributed by atoms with E-state index in [1.165, 1.54) is 30.3 Å². The highest BCUT2D eigenvalue weighted by atomic mass is 19.1. The summed E-state index contributed by atoms with van der Waals surface area (Å²) in [6, 6.07) is 13.5. The molecule has 1 aliphatic rings. The molecule has 0 saturated carbocycles. The third kappa shape index (κ3) is 2.94. The molecule has 4 rings (SSSR count). The van der Waals surface area contributed by atoms with Gasteiger partial charge in [-0.3, -0.25) is 4.79 Å². The molecule has 0 spiro atoms. The molecule has 0 aliphatic carbocycles. The zero-order valence-electron chi connectivity index (χ0n) is 14.8. The van der Waals surface area contributed by atoms with Crippen molar-refractivity contribution in [3.8, 4) is 0 Å². The maximum Gasteiger partial charge on any atom is 0.355 e. The number of carbonyl (C=O) groups excluding carboxylic acids is 2. The van der Waals surface area contributed by atoms with Gasteiger partial charge in [-0.25, -0.2) is 13.9 Å². The first-order valence-corrected chi connectivity index (χ1v) is 8.44. The number of carbonyl (C=O) groups is 2. The van der Waals surface area contributed by atoms with E-state index in [0.717, 1.165) is 0 Å². The predicted octanol–water partition coefficient (Wildman–Crippen LogP) is 2.74. The van der Waals surface area contributed by atoms with Gasteiger partial charge in [0.05, 0.1) is 12.7 Å². The van der Waals surface area contributed by atoms with Crippen LogP contribution in [-0.4, -0.2) is 33.6 Å². The Morgan fingerprint density at radius 3 is 2.50 bits per heavy atom. The average Bonchev–Trinajstić information content (AvgIpc) is 3.21. The number of methoxy groups -OCH3 is 1. The Hall–Kier alpha value is -3.81. The SMILES string of the molecule is COC(=O)C1=C(C(=O)c2ccccc2)C(c2ccc(F)cc2)n2ncnc2N1. The molecule has 28 heavy (non-hydrogen) atoms. The molecule has 2 heterocycles. The van der Waals surface area contributed by atoms with Gasteiger partial charge < -0.3 is 10.1 Å². The van der Waals surface area contributed by atoms with Crippen molar-refractivity contribution >= 4 is 17.7 Å². The van der Waals surface area contributed by atoms with Gasteiger partial charge in [0.2, 0.25) is 5.95 Å². The first-order chi connectivity index (χ1) is 13.6. The van der Waals surface area contributed by atoms with Crippen LogP contribution in [0.25, 0.3) is 0 Å². The number of Topliss-reactive ketones (excluding diaryl/α,β-unsaturated/α-hetero) is 1. The van der Waals surface area contributed by atoms with E-state index < -0.39 is 17.8 Å². The monoisotopic (exact) mass is 378 g/mol. The minimum Gasteiger partial charge on any atom is -0.464 e. The highest BCUT2D eigenvalue weighted by molar-refractivity contribution is 6.14. The summed E-state index contributed by atoms with van der Waals surface area (Å²) in [5.41, 5.74) is 1.10. The van der Waals surface area contributed by atoms with E-state index >= 15 is 0 Å². The second-order valence-electron chi connectivity index (χ2n) is 6.08. The van der Waals surface area contributed by atoms with Crippen LogP contribution in [0.15, 0.2) is 72.2 Å². The normalized spacial score (nSPS) is 15.6. The maximum atomic E-state index is 13.5. The molecule has 0 bridgehead atoms. The molecule has 0 radical (unpaired) electrons. The van der Waals surface area contributed by atoms with Crippen LogP contribution in [0.2, 0.25) is 0 Å². The average molecular weight is 378 g/mol. The number of hydrogen-bond donors (Lipinski definition) is 1. The summed E-state index contributed by atoms with van der Waals surface area (Å²) in [7, 11) is 1.23. The fraction of sp³-hybridized carbons (Fsp3) is 0.100. The largest absolute Gasteiger partial charge is 0.464 e. The topological polar surface area (TPSA) is 86.1 Å². The summed E-state index contributed by atoms with van der Waals surface area (Å²) in [6.07, 6.45) is 1.31. The lowest BCUT2D eigenvalue weighted by Crippen LogP contribution is -2.32. The van der Waals surface area contributed by atoms with E-state index in [0.29, 0.717) is 11.1 Å². The van der Waals surface area contributed by atoms with Crippen molar-refractivity contribution in [2.75, 3.05) is 12.4 Å². The highest BCUT2D eigenvalue weighted by Crippen LogP contribution is 2.36. The molecule has 0 saturated heterocycles. The molecule has 8 heteroatoms. The van der Waals surface area contributed by atoms with Crippen molar-refractivity contribution in [2.24, 2.45) is 0 Å². The van der Waals surface area contributed by atoms with Crippen LogP contribution >= 0.6 is 0 Å². The lowest BCUT2D eigenvalue weighted by molar-refractivity contribution is -0.136. The fourth-order valence-electron chi connectivity index (χ4n) is 3.17. The first-order valence-electron chi connectivity index (χ1n) is 8.44. The van der Waals surface area contributed by atoms with Crippen LogP contribution in [0, 0.1) is 5.82 Å². The fourth-order valence-corrected chi connectivity index (χ4v) is 3.17. The summed E-state index contributed by atoms with van der Waals surface area (Å²) in [4.78, 5) is 29.9. The summed E-state index contributed by atoms with van der Waals surface area (Å²) in [5, 5.41) is 7.03. The number of rotatable bonds is 4. The number of allylic oxidation sites excluding steroid dienone is 1. The van der Waals surface area contributed by atoms with E-state index in [2.05, 4.69) is 15.4 Å². The van der Waals surface area contributed by atoms with Gasteiger partial charge in [0.1, 0.15) is 23.9 Å². The van der Waals surface area contributed by atoms with Crippen LogP contribution in [0.1, 0.15) is 22.0 Å². The van der Waals surface area contributed by atoms with E-state index in [1.54, 1.807) is 42.5 Å². The molecular weight excluding hydrogens is 363 g/mol. The zero-order chi connectivity index (χ0) is 19.7. The number of ether oxygens (including phenoxy) is 1. The highest BCUT2D eigenvalue weighted by Gasteiger charge is 2.37. The lowest BCUT2D eigenvalue weighted by atomic mass is 9.89. The predicted molar refractivity (Wildman–Crippen MR) is 98.0 cm³/mol. The molecule has 0 amide bonds. The number of benzene rings is 2. The second-order valence-corrected chi connectivity index (χ2v) is 6.08. The molecule has 1 aliphatic heterocycles. The number of fused-ring (bicyclic) bond motifs is 1. The second kappa shape index (κ2) is 7.07. The zero-order valence-corrected chi connectivity index (χ0v) is 14.8. The Labute approximate surface area is 159 Å². The van der Waals surface area contributed by atoms with Gasteiger partial charge >= 0.3 is 5.97 Å². The third-order valence-electron chi connectivity index (χ3n) is 4.45. The number of hydrogen-bond acceptors (Lipinski definition) is 6. The quantitative estimate of drug-likeness (QED) is 0.555. The number of nitrogens with zero attached hydrogens (tertiary/aromatic N) is 3. The number of esters is 1. The van der Waals surface area contributed by atoms with Crippen LogP contribution in [0.3, 0.4) is 0 Å². The summed E-state index contributed by atoms with van der Waals surface area (Å²) >= 11 is 0. The van der Waals surface area contributed by atoms with Crippen molar-refractivity contribution in [1.82, 2.24) is 14.8 Å². The summed E-state index contributed by atoms with van der Waals surface area (Å²) < 4.78 is 19.8. The molecule has 1 unspecified atom stereocenters. The molecule has 140 valence electrons. The number of ketones is 1. The number of halogens is 1. The van der Waals surface area contributed by atoms with E-state index in [9.17, 15) is 14.0 Å². The van der Waals surface area contributed by atoms with Crippen LogP contribution in [0.5, 0.6) is 0 Å². The van der Waals surface area contributed by atoms with Crippen molar-refractivity contribution in [3.63, 3.8) is 0 Å². The molecule has 1 N–H and O–H groups in total. The molecule has 3 aromatic rings. The Kier molecular flexibility index (Phi) is 4.44. The van der Waals surface area contributed by atoms with Gasteiger partial charge in [-0.1, -0.05) is 42.5 Å². The Balaban J connectivity index is 1.95. The van der Waals surface area contributed by atoms with Gasteiger partial charge in [-0.15, -0.1) is 0 Å². The summed E-state index contributed by atoms with van der Waals surface area (Å²) in [6.45, 7) is 0. The van der Waals surface area contributed by atoms with E-state index in [-0.39, 0.29) is 23.0 Å². The Bertz CT molecular complexity index is 1070. The van der Waals surface area contributed by atoms with Gasteiger partial charge in [0.15, 0.2) is 5.78 Å². The Morgan fingerprint density at radius 1 is 1.11 bits per heavy atom. The molecule has 1 aromatic heterocycles. The van der Waals surface area contributed by atoms with Crippen LogP contribution < -0.4 is 5.32 Å². The minimum atomic E-state index is -0.777. The maximum absolute atomic E-state index is 13.5. The number of aromatic nitrogens is 3. The van der Waals surface area contributed by atoms with E-state index in [4.69, 9.17) is 4.74 Å². The third-order valence-corrected chi connectivity index (χ3v) is 4.45. The van der Waals surface area contributed by atoms with E-state index in [1.807, 2.05) is 0 Å². The van der Waals surface area contributed by atoms with Gasteiger partial charge in [0.25, 0.3) is 0 Å². The van der Waals surface area contributed by atoms with Crippen molar-refractivity contribution < 1.29 is 18.7 Å². The van der Waals surface area contributed by atoms with Crippen LogP contribution in [-0.2, 0) is 9.53 Å². The van der Waals surface area contributed by atoms with Crippen molar-refractivity contribution in [2.45, 2.75) is 6.04 Å². The lowest BCUT2D eigenvalue weighted by Gasteiger charge is -2.28. The standard InChI is InChI=1S/C20H15FN4O3/c1-28-19(27)16-15(18(26)13-5-3-2-4-6-13)17(12-7-9-14(21)10-8-12)25-20(24-16)22-11-23-25/h2-11,17H,1H3,(H,22,23,24). The molecular formula is C20H15FN4O3. The Morgan fingerprint density at radius 2 is 1.82 bits per heavy atom. The van der Waals surface area contributed by atoms with Gasteiger partial charge in [-0.05, 0) is 17.7 Å². The smallest absolute Gasteiger partial charge is 0.355 e. The number of anilines is 1. The van der Waals surface area contributed by atoms with Crippen LogP contribution in [0.4, 0.5) is 10.3 Å². The molecule has 2 aromatic carbocycles. The molecule has 0 fully saturated rings. The minimum absolute atomic E-state index is 0.0221. The molecule has 1 atom stereocenters. The van der Waals surface area contributed by atoms with Crippen molar-refractivity contribution in [3.05, 3.63) is 89.1 Å². The van der Waals surface area contributed by atoms with Gasteiger partial charge in [-0.2, -0.15) is 10.1 Å². The first kappa shape index (κ1) is 17.6. The van der Waals surface area contributed by atoms with Crippen molar-refractivity contribution in [1.29, 1.82) is 0 Å². The van der Waals surface area contributed by atoms with Gasteiger partial charge in [0, 0.05) is 5.56 Å². The molecule has 7 nitrogen and oxygen atoms in total. The number of nitrogens with one attached hydrogen (secondary N) is 1.